The van der Waals surface area contributed by atoms with Crippen LogP contribution in [0.4, 0.5) is 30.7 Å². The average molecular weight is 765 g/mol. The van der Waals surface area contributed by atoms with E-state index >= 15 is 17.6 Å². The van der Waals surface area contributed by atoms with Crippen LogP contribution in [-0.4, -0.2) is 21.2 Å². The van der Waals surface area contributed by atoms with Crippen LogP contribution in [0, 0.1) is 0 Å². The molecule has 57 heavy (non-hydrogen) atoms. The summed E-state index contributed by atoms with van der Waals surface area (Å²) >= 11 is 0. The van der Waals surface area contributed by atoms with Crippen molar-refractivity contribution in [3.8, 4) is 22.5 Å². The molecule has 0 N–H and O–H groups in total. The summed E-state index contributed by atoms with van der Waals surface area (Å²) in [4.78, 5) is 0. The molecule has 2 aromatic heterocycles. The molecular formula is C48H27F7N2. The zero-order valence-electron chi connectivity index (χ0n) is 29.6. The summed E-state index contributed by atoms with van der Waals surface area (Å²) in [5, 5.41) is 3.35. The highest BCUT2D eigenvalue weighted by molar-refractivity contribution is 6.15. The Balaban J connectivity index is 1.12. The first-order chi connectivity index (χ1) is 27.5. The van der Waals surface area contributed by atoms with E-state index in [2.05, 4.69) is 53.1 Å². The smallest absolute Gasteiger partial charge is 0.309 e. The Morgan fingerprint density at radius 3 is 1.44 bits per heavy atom. The third-order valence-corrected chi connectivity index (χ3v) is 11.7. The van der Waals surface area contributed by atoms with Crippen LogP contribution >= 0.6 is 0 Å². The van der Waals surface area contributed by atoms with E-state index in [-0.39, 0.29) is 10.8 Å². The van der Waals surface area contributed by atoms with Crippen LogP contribution in [-0.2, 0) is 11.8 Å². The number of benzene rings is 8. The molecule has 11 rings (SSSR count). The zero-order valence-corrected chi connectivity index (χ0v) is 29.6. The number of hydrogen-bond donors (Lipinski definition) is 0. The summed E-state index contributed by atoms with van der Waals surface area (Å²) < 4.78 is 111. The van der Waals surface area contributed by atoms with Gasteiger partial charge in [0.25, 0.3) is 0 Å². The Bertz CT molecular complexity index is 3310. The fourth-order valence-electron chi connectivity index (χ4n) is 9.11. The van der Waals surface area contributed by atoms with Crippen LogP contribution in [0.2, 0.25) is 0 Å². The first-order valence-electron chi connectivity index (χ1n) is 18.4. The summed E-state index contributed by atoms with van der Waals surface area (Å²) in [7, 11) is 0. The van der Waals surface area contributed by atoms with Gasteiger partial charge in [-0.3, -0.25) is 0 Å². The molecule has 8 aromatic carbocycles. The molecule has 0 amide bonds. The summed E-state index contributed by atoms with van der Waals surface area (Å²) in [5.41, 5.74) is 4.37. The normalized spacial score (nSPS) is 17.3. The molecule has 1 aliphatic carbocycles. The lowest BCUT2D eigenvalue weighted by molar-refractivity contribution is -0.299. The summed E-state index contributed by atoms with van der Waals surface area (Å²) in [6.45, 7) is 0. The molecule has 0 fully saturated rings. The van der Waals surface area contributed by atoms with E-state index in [9.17, 15) is 13.2 Å². The highest BCUT2D eigenvalue weighted by Crippen LogP contribution is 2.61. The average Bonchev–Trinajstić information content (AvgIpc) is 3.74. The van der Waals surface area contributed by atoms with Crippen LogP contribution < -0.4 is 0 Å². The lowest BCUT2D eigenvalue weighted by Gasteiger charge is -2.41. The third-order valence-electron chi connectivity index (χ3n) is 11.7. The van der Waals surface area contributed by atoms with Crippen molar-refractivity contribution in [1.29, 1.82) is 0 Å². The monoisotopic (exact) mass is 764 g/mol. The molecule has 0 bridgehead atoms. The molecule has 2 heterocycles. The third kappa shape index (κ3) is 4.42. The molecule has 1 atom stereocenters. The summed E-state index contributed by atoms with van der Waals surface area (Å²) in [5.74, 6) is -15.7. The second kappa shape index (κ2) is 11.5. The van der Waals surface area contributed by atoms with Crippen molar-refractivity contribution in [3.05, 3.63) is 169 Å². The number of halogens is 7. The van der Waals surface area contributed by atoms with Crippen molar-refractivity contribution in [1.82, 2.24) is 9.13 Å². The SMILES string of the molecule is FC1C(F)(F)c2c(c3ccccc3c3cc(-n4c5ccccc5c5cc(-c6ccc7c(c6)c6ccccc6n7-c6ccccc6)ccc54)ccc23)C(F)(F)C1(F)F. The van der Waals surface area contributed by atoms with Gasteiger partial charge in [0.2, 0.25) is 6.17 Å². The maximum absolute atomic E-state index is 15.7. The minimum Gasteiger partial charge on any atom is -0.309 e. The second-order valence-corrected chi connectivity index (χ2v) is 14.7. The molecule has 9 heteroatoms. The van der Waals surface area contributed by atoms with Crippen LogP contribution in [0.5, 0.6) is 0 Å². The quantitative estimate of drug-likeness (QED) is 0.125. The van der Waals surface area contributed by atoms with Gasteiger partial charge in [-0.1, -0.05) is 97.1 Å². The Kier molecular flexibility index (Phi) is 6.79. The van der Waals surface area contributed by atoms with Crippen LogP contribution in [0.15, 0.2) is 158 Å². The predicted molar refractivity (Wildman–Crippen MR) is 213 cm³/mol. The summed E-state index contributed by atoms with van der Waals surface area (Å²) in [6.07, 6.45) is -4.42. The molecule has 0 spiro atoms. The number of alkyl halides is 7. The fraction of sp³-hybridized carbons (Fsp3) is 0.0833. The molecule has 0 saturated heterocycles. The largest absolute Gasteiger partial charge is 0.351 e. The first-order valence-corrected chi connectivity index (χ1v) is 18.4. The van der Waals surface area contributed by atoms with Gasteiger partial charge >= 0.3 is 17.8 Å². The van der Waals surface area contributed by atoms with Gasteiger partial charge in [-0.15, -0.1) is 0 Å². The van der Waals surface area contributed by atoms with Crippen LogP contribution in [0.1, 0.15) is 11.1 Å². The molecule has 278 valence electrons. The van der Waals surface area contributed by atoms with E-state index in [0.29, 0.717) is 5.69 Å². The predicted octanol–water partition coefficient (Wildman–Crippen LogP) is 14.0. The van der Waals surface area contributed by atoms with E-state index in [1.807, 2.05) is 71.3 Å². The van der Waals surface area contributed by atoms with E-state index in [1.165, 1.54) is 30.3 Å². The number of hydrogen-bond acceptors (Lipinski definition) is 0. The minimum atomic E-state index is -5.63. The van der Waals surface area contributed by atoms with Gasteiger partial charge in [0.15, 0.2) is 0 Å². The molecule has 10 aromatic rings. The molecule has 0 aliphatic heterocycles. The molecule has 2 nitrogen and oxygen atoms in total. The summed E-state index contributed by atoms with van der Waals surface area (Å²) in [6, 6.07) is 48.5. The van der Waals surface area contributed by atoms with Crippen molar-refractivity contribution >= 4 is 65.2 Å². The Labute approximate surface area is 319 Å². The maximum Gasteiger partial charge on any atom is 0.351 e. The lowest BCUT2D eigenvalue weighted by atomic mass is 9.76. The standard InChI is InChI=1S/C48H27F7N2/c49-45-46(50,51)43-35-21-20-30(26-36(35)31-12-4-5-15-34(31)44(43)47(52,53)48(45,54)55)57-40-17-9-7-14-33(40)38-25-28(19-23-42(38)57)27-18-22-41-37(24-27)32-13-6-8-16-39(32)56(41)29-10-2-1-3-11-29/h1-26,45H. The fourth-order valence-corrected chi connectivity index (χ4v) is 9.11. The van der Waals surface area contributed by atoms with Gasteiger partial charge in [0.1, 0.15) is 0 Å². The van der Waals surface area contributed by atoms with Crippen molar-refractivity contribution < 1.29 is 30.7 Å². The van der Waals surface area contributed by atoms with Crippen LogP contribution in [0.25, 0.3) is 87.7 Å². The molecule has 0 saturated carbocycles. The van der Waals surface area contributed by atoms with Gasteiger partial charge in [-0.2, -0.15) is 26.3 Å². The van der Waals surface area contributed by atoms with Gasteiger partial charge in [0.05, 0.1) is 22.1 Å². The van der Waals surface area contributed by atoms with E-state index in [1.54, 1.807) is 6.07 Å². The van der Waals surface area contributed by atoms with E-state index < -0.39 is 45.8 Å². The number of rotatable bonds is 3. The maximum atomic E-state index is 15.7. The zero-order chi connectivity index (χ0) is 39.0. The van der Waals surface area contributed by atoms with Crippen LogP contribution in [0.3, 0.4) is 0 Å². The van der Waals surface area contributed by atoms with Crippen molar-refractivity contribution in [3.63, 3.8) is 0 Å². The van der Waals surface area contributed by atoms with Crippen molar-refractivity contribution in [2.45, 2.75) is 23.9 Å². The van der Waals surface area contributed by atoms with Gasteiger partial charge in [-0.25, -0.2) is 4.39 Å². The Morgan fingerprint density at radius 1 is 0.368 bits per heavy atom. The van der Waals surface area contributed by atoms with Gasteiger partial charge in [-0.05, 0) is 93.3 Å². The number of aromatic nitrogens is 2. The van der Waals surface area contributed by atoms with Crippen molar-refractivity contribution in [2.75, 3.05) is 0 Å². The van der Waals surface area contributed by atoms with Crippen molar-refractivity contribution in [2.24, 2.45) is 0 Å². The highest BCUT2D eigenvalue weighted by Gasteiger charge is 2.75. The molecule has 1 unspecified atom stereocenters. The molecule has 1 aliphatic rings. The topological polar surface area (TPSA) is 9.86 Å². The lowest BCUT2D eigenvalue weighted by Crippen LogP contribution is -2.57. The number of nitrogens with zero attached hydrogens (tertiary/aromatic N) is 2. The first kappa shape index (κ1) is 33.7. The number of para-hydroxylation sites is 3. The molecule has 0 radical (unpaired) electrons. The molecular weight excluding hydrogens is 738 g/mol. The van der Waals surface area contributed by atoms with E-state index in [0.717, 1.165) is 66.5 Å². The minimum absolute atomic E-state index is 0.0729. The Morgan fingerprint density at radius 2 is 0.842 bits per heavy atom. The number of fused-ring (bicyclic) bond motifs is 12. The highest BCUT2D eigenvalue weighted by atomic mass is 19.3. The Hall–Kier alpha value is -6.61. The van der Waals surface area contributed by atoms with E-state index in [4.69, 9.17) is 0 Å². The van der Waals surface area contributed by atoms with Gasteiger partial charge in [0, 0.05) is 44.0 Å². The van der Waals surface area contributed by atoms with Gasteiger partial charge < -0.3 is 9.13 Å². The second-order valence-electron chi connectivity index (χ2n) is 14.7.